The van der Waals surface area contributed by atoms with Crippen molar-refractivity contribution in [2.75, 3.05) is 63.6 Å². The number of aryl methyl sites for hydroxylation is 1. The van der Waals surface area contributed by atoms with Crippen LogP contribution in [-0.2, 0) is 4.74 Å². The van der Waals surface area contributed by atoms with Gasteiger partial charge in [-0.15, -0.1) is 0 Å². The summed E-state index contributed by atoms with van der Waals surface area (Å²) < 4.78 is 5.33. The Balaban J connectivity index is 1.64. The molecule has 0 N–H and O–H groups in total. The van der Waals surface area contributed by atoms with E-state index in [9.17, 15) is 4.79 Å². The number of carbonyl (C=O) groups is 1. The first kappa shape index (κ1) is 17.3. The summed E-state index contributed by atoms with van der Waals surface area (Å²) in [6.07, 6.45) is 2.94. The first-order valence-corrected chi connectivity index (χ1v) is 9.66. The lowest BCUT2D eigenvalue weighted by atomic mass is 10.3. The fraction of sp³-hybridized carbons (Fsp3) is 0.688. The second-order valence-electron chi connectivity index (χ2n) is 6.06. The fourth-order valence-corrected chi connectivity index (χ4v) is 3.49. The highest BCUT2D eigenvalue weighted by Gasteiger charge is 2.25. The van der Waals surface area contributed by atoms with Gasteiger partial charge in [-0.1, -0.05) is 11.8 Å². The van der Waals surface area contributed by atoms with Crippen LogP contribution in [0.2, 0.25) is 0 Å². The quantitative estimate of drug-likeness (QED) is 0.594. The minimum Gasteiger partial charge on any atom is -0.378 e. The summed E-state index contributed by atoms with van der Waals surface area (Å²) in [4.78, 5) is 27.8. The molecule has 1 aromatic rings. The van der Waals surface area contributed by atoms with Gasteiger partial charge in [-0.3, -0.25) is 0 Å². The summed E-state index contributed by atoms with van der Waals surface area (Å²) >= 11 is 1.56. The van der Waals surface area contributed by atoms with E-state index >= 15 is 0 Å². The van der Waals surface area contributed by atoms with Crippen molar-refractivity contribution in [1.29, 1.82) is 0 Å². The smallest absolute Gasteiger partial charge is 0.320 e. The minimum atomic E-state index is 0.142. The van der Waals surface area contributed by atoms with Crippen molar-refractivity contribution in [2.24, 2.45) is 0 Å². The number of urea groups is 1. The van der Waals surface area contributed by atoms with Gasteiger partial charge in [0, 0.05) is 51.0 Å². The van der Waals surface area contributed by atoms with Crippen molar-refractivity contribution in [3.8, 4) is 0 Å². The van der Waals surface area contributed by atoms with Gasteiger partial charge in [-0.2, -0.15) is 0 Å². The number of hydrogen-bond donors (Lipinski definition) is 0. The number of ether oxygens (including phenoxy) is 1. The molecule has 2 amide bonds. The lowest BCUT2D eigenvalue weighted by Gasteiger charge is -2.32. The predicted octanol–water partition coefficient (Wildman–Crippen LogP) is 1.47. The van der Waals surface area contributed by atoms with E-state index in [-0.39, 0.29) is 6.03 Å². The molecule has 132 valence electrons. The molecular weight excluding hydrogens is 326 g/mol. The van der Waals surface area contributed by atoms with E-state index in [1.165, 1.54) is 0 Å². The third-order valence-electron chi connectivity index (χ3n) is 4.37. The number of thioether (sulfide) groups is 1. The Morgan fingerprint density at radius 1 is 1.08 bits per heavy atom. The van der Waals surface area contributed by atoms with Gasteiger partial charge in [-0.05, 0) is 19.6 Å². The fourth-order valence-electron chi connectivity index (χ4n) is 3.07. The summed E-state index contributed by atoms with van der Waals surface area (Å²) in [5.74, 6) is 0.965. The second kappa shape index (κ2) is 8.02. The molecule has 0 aromatic carbocycles. The van der Waals surface area contributed by atoms with Gasteiger partial charge < -0.3 is 19.4 Å². The average Bonchev–Trinajstić information content (AvgIpc) is 2.87. The molecule has 24 heavy (non-hydrogen) atoms. The maximum Gasteiger partial charge on any atom is 0.320 e. The molecule has 8 heteroatoms. The lowest BCUT2D eigenvalue weighted by molar-refractivity contribution is 0.0438. The molecule has 2 aliphatic heterocycles. The molecule has 7 nitrogen and oxygen atoms in total. The zero-order valence-corrected chi connectivity index (χ0v) is 15.2. The number of hydrogen-bond acceptors (Lipinski definition) is 6. The van der Waals surface area contributed by atoms with Crippen molar-refractivity contribution in [3.05, 3.63) is 11.8 Å². The van der Waals surface area contributed by atoms with Gasteiger partial charge in [0.05, 0.1) is 13.2 Å². The van der Waals surface area contributed by atoms with Gasteiger partial charge >= 0.3 is 6.03 Å². The second-order valence-corrected chi connectivity index (χ2v) is 6.84. The van der Waals surface area contributed by atoms with Gasteiger partial charge in [0.15, 0.2) is 5.16 Å². The zero-order valence-electron chi connectivity index (χ0n) is 14.4. The van der Waals surface area contributed by atoms with Crippen molar-refractivity contribution < 1.29 is 9.53 Å². The largest absolute Gasteiger partial charge is 0.378 e. The Hall–Kier alpha value is -1.54. The first-order chi connectivity index (χ1) is 11.7. The van der Waals surface area contributed by atoms with Crippen LogP contribution in [0.4, 0.5) is 10.6 Å². The molecule has 2 saturated heterocycles. The van der Waals surface area contributed by atoms with Gasteiger partial charge in [0.25, 0.3) is 0 Å². The highest BCUT2D eigenvalue weighted by Crippen LogP contribution is 2.19. The monoisotopic (exact) mass is 351 g/mol. The third-order valence-corrected chi connectivity index (χ3v) is 4.92. The molecule has 0 radical (unpaired) electrons. The number of nitrogens with zero attached hydrogens (tertiary/aromatic N) is 5. The van der Waals surface area contributed by atoms with Gasteiger partial charge in [0.1, 0.15) is 5.82 Å². The number of morpholine rings is 1. The Morgan fingerprint density at radius 3 is 2.58 bits per heavy atom. The molecular formula is C16H25N5O2S. The minimum absolute atomic E-state index is 0.142. The van der Waals surface area contributed by atoms with Crippen LogP contribution >= 0.6 is 11.8 Å². The molecule has 0 atom stereocenters. The summed E-state index contributed by atoms with van der Waals surface area (Å²) in [5, 5.41) is 0.801. The van der Waals surface area contributed by atoms with Gasteiger partial charge in [0.2, 0.25) is 0 Å². The SMILES string of the molecule is CSc1nc(C)cc(N2CCCN(C(=O)N3CCOCC3)CC2)n1. The van der Waals surface area contributed by atoms with Crippen LogP contribution in [0.3, 0.4) is 0 Å². The van der Waals surface area contributed by atoms with E-state index in [0.29, 0.717) is 26.3 Å². The third kappa shape index (κ3) is 4.10. The molecule has 0 bridgehead atoms. The van der Waals surface area contributed by atoms with Crippen molar-refractivity contribution in [2.45, 2.75) is 18.5 Å². The number of anilines is 1. The number of aromatic nitrogens is 2. The number of rotatable bonds is 2. The van der Waals surface area contributed by atoms with E-state index < -0.39 is 0 Å². The molecule has 0 unspecified atom stereocenters. The molecule has 0 saturated carbocycles. The summed E-state index contributed by atoms with van der Waals surface area (Å²) in [7, 11) is 0. The molecule has 2 fully saturated rings. The molecule has 3 heterocycles. The predicted molar refractivity (Wildman–Crippen MR) is 94.7 cm³/mol. The number of amides is 2. The molecule has 2 aliphatic rings. The van der Waals surface area contributed by atoms with Crippen LogP contribution in [0.5, 0.6) is 0 Å². The van der Waals surface area contributed by atoms with E-state index in [1.807, 2.05) is 29.0 Å². The summed E-state index contributed by atoms with van der Waals surface area (Å²) in [6.45, 7) is 7.92. The van der Waals surface area contributed by atoms with Crippen molar-refractivity contribution in [3.63, 3.8) is 0 Å². The van der Waals surface area contributed by atoms with Crippen LogP contribution in [0.1, 0.15) is 12.1 Å². The van der Waals surface area contributed by atoms with Crippen LogP contribution < -0.4 is 4.90 Å². The molecule has 3 rings (SSSR count). The first-order valence-electron chi connectivity index (χ1n) is 8.43. The van der Waals surface area contributed by atoms with E-state index in [0.717, 1.165) is 49.3 Å². The number of carbonyl (C=O) groups excluding carboxylic acids is 1. The zero-order chi connectivity index (χ0) is 16.9. The Morgan fingerprint density at radius 2 is 1.83 bits per heavy atom. The molecule has 0 spiro atoms. The van der Waals surface area contributed by atoms with Crippen LogP contribution in [0.15, 0.2) is 11.2 Å². The van der Waals surface area contributed by atoms with Gasteiger partial charge in [-0.25, -0.2) is 14.8 Å². The summed E-state index contributed by atoms with van der Waals surface area (Å²) in [5.41, 5.74) is 0.981. The van der Waals surface area contributed by atoms with E-state index in [4.69, 9.17) is 4.74 Å². The Kier molecular flexibility index (Phi) is 5.78. The standard InChI is InChI=1S/C16H25N5O2S/c1-13-12-14(18-15(17-13)24-2)19-4-3-5-20(7-6-19)16(22)21-8-10-23-11-9-21/h12H,3-11H2,1-2H3. The average molecular weight is 351 g/mol. The Bertz CT molecular complexity index is 580. The van der Waals surface area contributed by atoms with E-state index in [1.54, 1.807) is 11.8 Å². The van der Waals surface area contributed by atoms with Crippen LogP contribution in [-0.4, -0.2) is 84.5 Å². The van der Waals surface area contributed by atoms with Crippen LogP contribution in [0, 0.1) is 6.92 Å². The lowest BCUT2D eigenvalue weighted by Crippen LogP contribution is -2.49. The summed E-state index contributed by atoms with van der Waals surface area (Å²) in [6, 6.07) is 2.17. The normalized spacial score (nSPS) is 19.3. The topological polar surface area (TPSA) is 61.8 Å². The Labute approximate surface area is 147 Å². The van der Waals surface area contributed by atoms with Crippen LogP contribution in [0.25, 0.3) is 0 Å². The maximum atomic E-state index is 12.7. The highest BCUT2D eigenvalue weighted by molar-refractivity contribution is 7.98. The highest BCUT2D eigenvalue weighted by atomic mass is 32.2. The van der Waals surface area contributed by atoms with Crippen molar-refractivity contribution >= 4 is 23.6 Å². The molecule has 1 aromatic heterocycles. The maximum absolute atomic E-state index is 12.7. The van der Waals surface area contributed by atoms with E-state index in [2.05, 4.69) is 14.9 Å². The molecule has 0 aliphatic carbocycles. The van der Waals surface area contributed by atoms with Crippen molar-refractivity contribution in [1.82, 2.24) is 19.8 Å².